The smallest absolute Gasteiger partial charge is 0.123 e. The Labute approximate surface area is 106 Å². The summed E-state index contributed by atoms with van der Waals surface area (Å²) in [6.07, 6.45) is 1.72. The molecule has 0 radical (unpaired) electrons. The zero-order chi connectivity index (χ0) is 12.8. The Kier molecular flexibility index (Phi) is 5.65. The first-order chi connectivity index (χ1) is 8.04. The minimum atomic E-state index is -0.744. The van der Waals surface area contributed by atoms with E-state index in [-0.39, 0.29) is 6.04 Å². The molecule has 1 aromatic carbocycles. The number of benzene rings is 1. The molecule has 1 aromatic rings. The predicted octanol–water partition coefficient (Wildman–Crippen LogP) is 2.03. The molecular formula is C13H21NO2S. The van der Waals surface area contributed by atoms with E-state index in [1.807, 2.05) is 12.1 Å². The van der Waals surface area contributed by atoms with E-state index < -0.39 is 10.8 Å². The summed E-state index contributed by atoms with van der Waals surface area (Å²) in [4.78, 5) is 0. The zero-order valence-electron chi connectivity index (χ0n) is 10.9. The molecule has 0 aliphatic carbocycles. The summed E-state index contributed by atoms with van der Waals surface area (Å²) in [6, 6.07) is 6.35. The lowest BCUT2D eigenvalue weighted by Gasteiger charge is -2.17. The number of ether oxygens (including phenoxy) is 1. The highest BCUT2D eigenvalue weighted by atomic mass is 32.2. The minimum absolute atomic E-state index is 0.202. The van der Waals surface area contributed by atoms with Crippen LogP contribution in [0.4, 0.5) is 0 Å². The largest absolute Gasteiger partial charge is 0.496 e. The number of hydrogen-bond donors (Lipinski definition) is 1. The van der Waals surface area contributed by atoms with Crippen molar-refractivity contribution in [3.8, 4) is 5.75 Å². The number of rotatable bonds is 6. The fraction of sp³-hybridized carbons (Fsp3) is 0.538. The Morgan fingerprint density at radius 1 is 1.47 bits per heavy atom. The van der Waals surface area contributed by atoms with Crippen LogP contribution >= 0.6 is 0 Å². The fourth-order valence-corrected chi connectivity index (χ4v) is 2.13. The van der Waals surface area contributed by atoms with E-state index in [0.717, 1.165) is 17.9 Å². The molecule has 0 aliphatic rings. The summed E-state index contributed by atoms with van der Waals surface area (Å²) in [6.45, 7) is 4.91. The van der Waals surface area contributed by atoms with Gasteiger partial charge < -0.3 is 10.1 Å². The molecule has 0 bridgehead atoms. The number of nitrogens with one attached hydrogen (secondary N) is 1. The van der Waals surface area contributed by atoms with Crippen LogP contribution in [0.25, 0.3) is 0 Å². The van der Waals surface area contributed by atoms with Crippen molar-refractivity contribution in [3.05, 3.63) is 29.3 Å². The SMILES string of the molecule is COc1ccc(C)cc1C(C)NCCS(C)=O. The van der Waals surface area contributed by atoms with Crippen LogP contribution in [0.1, 0.15) is 24.1 Å². The van der Waals surface area contributed by atoms with Crippen molar-refractivity contribution >= 4 is 10.8 Å². The van der Waals surface area contributed by atoms with Gasteiger partial charge in [-0.2, -0.15) is 0 Å². The molecule has 2 unspecified atom stereocenters. The molecule has 17 heavy (non-hydrogen) atoms. The molecule has 1 rings (SSSR count). The van der Waals surface area contributed by atoms with Crippen LogP contribution in [0.3, 0.4) is 0 Å². The van der Waals surface area contributed by atoms with Crippen molar-refractivity contribution < 1.29 is 8.95 Å². The molecule has 0 spiro atoms. The highest BCUT2D eigenvalue weighted by molar-refractivity contribution is 7.84. The molecule has 0 amide bonds. The molecule has 0 aromatic heterocycles. The lowest BCUT2D eigenvalue weighted by molar-refractivity contribution is 0.402. The Balaban J connectivity index is 2.69. The van der Waals surface area contributed by atoms with Gasteiger partial charge in [-0.25, -0.2) is 0 Å². The molecule has 0 fully saturated rings. The van der Waals surface area contributed by atoms with Crippen molar-refractivity contribution in [2.75, 3.05) is 25.7 Å². The van der Waals surface area contributed by atoms with Gasteiger partial charge in [0.2, 0.25) is 0 Å². The average molecular weight is 255 g/mol. The Hall–Kier alpha value is -0.870. The molecule has 96 valence electrons. The van der Waals surface area contributed by atoms with E-state index in [9.17, 15) is 4.21 Å². The first-order valence-electron chi connectivity index (χ1n) is 5.72. The van der Waals surface area contributed by atoms with Crippen LogP contribution < -0.4 is 10.1 Å². The van der Waals surface area contributed by atoms with Gasteiger partial charge in [-0.3, -0.25) is 4.21 Å². The van der Waals surface area contributed by atoms with Crippen LogP contribution in [0.15, 0.2) is 18.2 Å². The number of hydrogen-bond acceptors (Lipinski definition) is 3. The monoisotopic (exact) mass is 255 g/mol. The maximum Gasteiger partial charge on any atom is 0.123 e. The highest BCUT2D eigenvalue weighted by Gasteiger charge is 2.10. The van der Waals surface area contributed by atoms with Crippen molar-refractivity contribution in [2.45, 2.75) is 19.9 Å². The second kappa shape index (κ2) is 6.77. The summed E-state index contributed by atoms with van der Waals surface area (Å²) < 4.78 is 16.3. The fourth-order valence-electron chi connectivity index (χ4n) is 1.72. The Morgan fingerprint density at radius 2 is 2.18 bits per heavy atom. The van der Waals surface area contributed by atoms with E-state index in [1.165, 1.54) is 5.56 Å². The molecule has 0 aliphatic heterocycles. The van der Waals surface area contributed by atoms with Gasteiger partial charge in [0, 0.05) is 41.0 Å². The van der Waals surface area contributed by atoms with Gasteiger partial charge in [-0.1, -0.05) is 17.7 Å². The van der Waals surface area contributed by atoms with Crippen LogP contribution in [0, 0.1) is 6.92 Å². The van der Waals surface area contributed by atoms with Crippen molar-refractivity contribution in [3.63, 3.8) is 0 Å². The van der Waals surface area contributed by atoms with Crippen molar-refractivity contribution in [1.29, 1.82) is 0 Å². The first kappa shape index (κ1) is 14.2. The summed E-state index contributed by atoms with van der Waals surface area (Å²) in [5.41, 5.74) is 2.36. The summed E-state index contributed by atoms with van der Waals surface area (Å²) in [5.74, 6) is 1.58. The van der Waals surface area contributed by atoms with E-state index in [4.69, 9.17) is 4.74 Å². The number of aryl methyl sites for hydroxylation is 1. The van der Waals surface area contributed by atoms with Gasteiger partial charge in [0.15, 0.2) is 0 Å². The molecule has 3 nitrogen and oxygen atoms in total. The van der Waals surface area contributed by atoms with E-state index in [0.29, 0.717) is 5.75 Å². The van der Waals surface area contributed by atoms with E-state index >= 15 is 0 Å². The Morgan fingerprint density at radius 3 is 2.76 bits per heavy atom. The van der Waals surface area contributed by atoms with Gasteiger partial charge in [-0.05, 0) is 19.9 Å². The summed E-state index contributed by atoms with van der Waals surface area (Å²) >= 11 is 0. The highest BCUT2D eigenvalue weighted by Crippen LogP contribution is 2.25. The maximum absolute atomic E-state index is 11.0. The third kappa shape index (κ3) is 4.48. The quantitative estimate of drug-likeness (QED) is 0.845. The lowest BCUT2D eigenvalue weighted by Crippen LogP contribution is -2.24. The van der Waals surface area contributed by atoms with Gasteiger partial charge >= 0.3 is 0 Å². The third-order valence-electron chi connectivity index (χ3n) is 2.69. The van der Waals surface area contributed by atoms with E-state index in [2.05, 4.69) is 25.2 Å². The van der Waals surface area contributed by atoms with Crippen LogP contribution in [-0.4, -0.2) is 29.9 Å². The first-order valence-corrected chi connectivity index (χ1v) is 7.45. The molecule has 0 saturated carbocycles. The lowest BCUT2D eigenvalue weighted by atomic mass is 10.0. The third-order valence-corrected chi connectivity index (χ3v) is 3.47. The predicted molar refractivity (Wildman–Crippen MR) is 73.1 cm³/mol. The van der Waals surface area contributed by atoms with Crippen LogP contribution in [0.2, 0.25) is 0 Å². The average Bonchev–Trinajstić information content (AvgIpc) is 2.28. The van der Waals surface area contributed by atoms with Gasteiger partial charge in [0.1, 0.15) is 5.75 Å². The maximum atomic E-state index is 11.0. The van der Waals surface area contributed by atoms with Gasteiger partial charge in [-0.15, -0.1) is 0 Å². The standard InChI is InChI=1S/C13H21NO2S/c1-10-5-6-13(16-3)12(9-10)11(2)14-7-8-17(4)15/h5-6,9,11,14H,7-8H2,1-4H3. The summed E-state index contributed by atoms with van der Waals surface area (Å²) in [5, 5.41) is 3.36. The molecule has 0 saturated heterocycles. The summed E-state index contributed by atoms with van der Waals surface area (Å²) in [7, 11) is 0.939. The van der Waals surface area contributed by atoms with E-state index in [1.54, 1.807) is 13.4 Å². The second-order valence-corrected chi connectivity index (χ2v) is 5.75. The molecular weight excluding hydrogens is 234 g/mol. The van der Waals surface area contributed by atoms with Crippen molar-refractivity contribution in [1.82, 2.24) is 5.32 Å². The Bertz CT molecular complexity index is 393. The van der Waals surface area contributed by atoms with Crippen LogP contribution in [0.5, 0.6) is 5.75 Å². The van der Waals surface area contributed by atoms with Crippen LogP contribution in [-0.2, 0) is 10.8 Å². The molecule has 0 heterocycles. The van der Waals surface area contributed by atoms with Crippen molar-refractivity contribution in [2.24, 2.45) is 0 Å². The molecule has 4 heteroatoms. The van der Waals surface area contributed by atoms with Gasteiger partial charge in [0.25, 0.3) is 0 Å². The topological polar surface area (TPSA) is 38.3 Å². The normalized spacial score (nSPS) is 14.4. The molecule has 1 N–H and O–H groups in total. The van der Waals surface area contributed by atoms with Gasteiger partial charge in [0.05, 0.1) is 7.11 Å². The molecule has 2 atom stereocenters. The minimum Gasteiger partial charge on any atom is -0.496 e. The number of methoxy groups -OCH3 is 1. The second-order valence-electron chi connectivity index (χ2n) is 4.20. The zero-order valence-corrected chi connectivity index (χ0v) is 11.8.